The summed E-state index contributed by atoms with van der Waals surface area (Å²) >= 11 is 0. The van der Waals surface area contributed by atoms with Crippen LogP contribution in [0.15, 0.2) is 0 Å². The lowest BCUT2D eigenvalue weighted by Gasteiger charge is -2.61. The number of ketones is 1. The first kappa shape index (κ1) is 18.0. The monoisotopic (exact) mass is 345 g/mol. The van der Waals surface area contributed by atoms with Gasteiger partial charge < -0.3 is 4.90 Å². The number of rotatable bonds is 2. The second-order valence-corrected chi connectivity index (χ2v) is 10.8. The summed E-state index contributed by atoms with van der Waals surface area (Å²) in [5, 5.41) is 0. The van der Waals surface area contributed by atoms with E-state index in [4.69, 9.17) is 0 Å². The zero-order chi connectivity index (χ0) is 18.0. The van der Waals surface area contributed by atoms with Crippen molar-refractivity contribution in [1.29, 1.82) is 0 Å². The molecule has 2 heteroatoms. The number of hydrogen-bond acceptors (Lipinski definition) is 2. The van der Waals surface area contributed by atoms with Gasteiger partial charge >= 0.3 is 0 Å². The largest absolute Gasteiger partial charge is 0.306 e. The van der Waals surface area contributed by atoms with Crippen LogP contribution in [0, 0.1) is 40.4 Å². The van der Waals surface area contributed by atoms with Gasteiger partial charge in [-0.15, -0.1) is 0 Å². The van der Waals surface area contributed by atoms with E-state index in [1.807, 2.05) is 6.92 Å². The molecule has 0 spiro atoms. The van der Waals surface area contributed by atoms with Crippen LogP contribution in [0.4, 0.5) is 0 Å². The van der Waals surface area contributed by atoms with Crippen LogP contribution in [0.25, 0.3) is 0 Å². The maximum Gasteiger partial charge on any atom is 0.133 e. The molecule has 25 heavy (non-hydrogen) atoms. The van der Waals surface area contributed by atoms with Gasteiger partial charge in [0.2, 0.25) is 0 Å². The third kappa shape index (κ3) is 2.57. The molecule has 0 aromatic heterocycles. The van der Waals surface area contributed by atoms with Crippen LogP contribution in [-0.4, -0.2) is 30.8 Å². The summed E-state index contributed by atoms with van der Waals surface area (Å²) in [7, 11) is 4.54. The predicted molar refractivity (Wildman–Crippen MR) is 103 cm³/mol. The lowest BCUT2D eigenvalue weighted by atomic mass is 9.44. The maximum atomic E-state index is 12.3. The summed E-state index contributed by atoms with van der Waals surface area (Å²) in [6, 6.07) is 0.803. The average Bonchev–Trinajstić information content (AvgIpc) is 2.91. The Hall–Kier alpha value is -0.370. The number of hydrogen-bond donors (Lipinski definition) is 0. The van der Waals surface area contributed by atoms with Gasteiger partial charge in [0, 0.05) is 12.0 Å². The first-order valence-electron chi connectivity index (χ1n) is 10.9. The van der Waals surface area contributed by atoms with E-state index in [0.29, 0.717) is 22.5 Å². The van der Waals surface area contributed by atoms with Gasteiger partial charge in [-0.3, -0.25) is 4.79 Å². The number of fused-ring (bicyclic) bond motifs is 5. The molecule has 0 N–H and O–H groups in total. The van der Waals surface area contributed by atoms with Crippen LogP contribution in [-0.2, 0) is 4.79 Å². The molecule has 0 amide bonds. The highest BCUT2D eigenvalue weighted by atomic mass is 16.1. The number of Topliss-reactive ketones (excluding diaryl/α,β-unsaturated/α-hetero) is 1. The molecular weight excluding hydrogens is 306 g/mol. The van der Waals surface area contributed by atoms with Crippen molar-refractivity contribution in [3.8, 4) is 0 Å². The normalized spacial score (nSPS) is 52.4. The lowest BCUT2D eigenvalue weighted by Crippen LogP contribution is -2.55. The second kappa shape index (κ2) is 6.08. The third-order valence-electron chi connectivity index (χ3n) is 9.86. The quantitative estimate of drug-likeness (QED) is 0.688. The first-order chi connectivity index (χ1) is 11.8. The molecule has 4 saturated carbocycles. The fourth-order valence-electron chi connectivity index (χ4n) is 8.37. The van der Waals surface area contributed by atoms with Crippen LogP contribution in [0.2, 0.25) is 0 Å². The van der Waals surface area contributed by atoms with Crippen molar-refractivity contribution in [1.82, 2.24) is 4.90 Å². The highest BCUT2D eigenvalue weighted by Crippen LogP contribution is 2.67. The predicted octanol–water partition coefficient (Wildman–Crippen LogP) is 5.16. The Labute approximate surface area is 155 Å². The molecule has 2 nitrogen and oxygen atoms in total. The Kier molecular flexibility index (Phi) is 4.38. The summed E-state index contributed by atoms with van der Waals surface area (Å²) in [6.45, 7) is 6.98. The van der Waals surface area contributed by atoms with Gasteiger partial charge in [0.1, 0.15) is 5.78 Å². The molecule has 0 aromatic rings. The highest BCUT2D eigenvalue weighted by Gasteiger charge is 2.60. The van der Waals surface area contributed by atoms with Gasteiger partial charge in [-0.05, 0) is 113 Å². The Bertz CT molecular complexity index is 542. The first-order valence-corrected chi connectivity index (χ1v) is 10.9. The van der Waals surface area contributed by atoms with E-state index >= 15 is 0 Å². The average molecular weight is 346 g/mol. The van der Waals surface area contributed by atoms with Crippen molar-refractivity contribution >= 4 is 5.78 Å². The van der Waals surface area contributed by atoms with Gasteiger partial charge in [0.15, 0.2) is 0 Å². The maximum absolute atomic E-state index is 12.3. The Morgan fingerprint density at radius 3 is 2.24 bits per heavy atom. The highest BCUT2D eigenvalue weighted by molar-refractivity contribution is 5.79. The van der Waals surface area contributed by atoms with E-state index in [-0.39, 0.29) is 0 Å². The van der Waals surface area contributed by atoms with Gasteiger partial charge in [-0.25, -0.2) is 0 Å². The molecule has 0 bridgehead atoms. The van der Waals surface area contributed by atoms with Gasteiger partial charge in [-0.2, -0.15) is 0 Å². The minimum Gasteiger partial charge on any atom is -0.306 e. The van der Waals surface area contributed by atoms with Crippen molar-refractivity contribution in [3.63, 3.8) is 0 Å². The van der Waals surface area contributed by atoms with Crippen LogP contribution in [0.3, 0.4) is 0 Å². The Balaban J connectivity index is 1.57. The molecule has 142 valence electrons. The van der Waals surface area contributed by atoms with Crippen molar-refractivity contribution < 1.29 is 4.79 Å². The number of carbonyl (C=O) groups excluding carboxylic acids is 1. The molecule has 4 fully saturated rings. The molecule has 0 aromatic carbocycles. The molecule has 4 aliphatic rings. The van der Waals surface area contributed by atoms with Crippen molar-refractivity contribution in [3.05, 3.63) is 0 Å². The molecule has 4 aliphatic carbocycles. The summed E-state index contributed by atoms with van der Waals surface area (Å²) in [5.74, 6) is 4.41. The molecular formula is C23H39NO. The molecule has 0 radical (unpaired) electrons. The van der Waals surface area contributed by atoms with Gasteiger partial charge in [0.25, 0.3) is 0 Å². The third-order valence-corrected chi connectivity index (χ3v) is 9.86. The van der Waals surface area contributed by atoms with Crippen molar-refractivity contribution in [2.24, 2.45) is 40.4 Å². The Morgan fingerprint density at radius 1 is 0.880 bits per heavy atom. The molecule has 4 rings (SSSR count). The van der Waals surface area contributed by atoms with Gasteiger partial charge in [-0.1, -0.05) is 13.8 Å². The minimum absolute atomic E-state index is 0.317. The van der Waals surface area contributed by atoms with E-state index in [0.717, 1.165) is 29.7 Å². The summed E-state index contributed by atoms with van der Waals surface area (Å²) in [4.78, 5) is 14.7. The summed E-state index contributed by atoms with van der Waals surface area (Å²) in [6.07, 6.45) is 12.3. The lowest BCUT2D eigenvalue weighted by molar-refractivity contribution is -0.135. The van der Waals surface area contributed by atoms with Crippen molar-refractivity contribution in [2.75, 3.05) is 14.1 Å². The van der Waals surface area contributed by atoms with Crippen LogP contribution in [0.1, 0.15) is 78.6 Å². The topological polar surface area (TPSA) is 20.3 Å². The van der Waals surface area contributed by atoms with E-state index < -0.39 is 0 Å². The molecule has 0 unspecified atom stereocenters. The van der Waals surface area contributed by atoms with Crippen LogP contribution >= 0.6 is 0 Å². The molecule has 0 saturated heterocycles. The fourth-order valence-corrected chi connectivity index (χ4v) is 8.37. The second-order valence-electron chi connectivity index (χ2n) is 10.8. The van der Waals surface area contributed by atoms with E-state index in [1.54, 1.807) is 0 Å². The number of nitrogens with zero attached hydrogens (tertiary/aromatic N) is 1. The zero-order valence-electron chi connectivity index (χ0n) is 17.2. The van der Waals surface area contributed by atoms with E-state index in [9.17, 15) is 4.79 Å². The summed E-state index contributed by atoms with van der Waals surface area (Å²) < 4.78 is 0. The molecule has 0 aliphatic heterocycles. The van der Waals surface area contributed by atoms with Crippen LogP contribution in [0.5, 0.6) is 0 Å². The smallest absolute Gasteiger partial charge is 0.133 e. The van der Waals surface area contributed by atoms with Crippen molar-refractivity contribution in [2.45, 2.75) is 84.6 Å². The fraction of sp³-hybridized carbons (Fsp3) is 0.957. The zero-order valence-corrected chi connectivity index (χ0v) is 17.2. The van der Waals surface area contributed by atoms with E-state index in [2.05, 4.69) is 32.8 Å². The molecule has 8 atom stereocenters. The van der Waals surface area contributed by atoms with Gasteiger partial charge in [0.05, 0.1) is 0 Å². The summed E-state index contributed by atoms with van der Waals surface area (Å²) in [5.41, 5.74) is 0.891. The van der Waals surface area contributed by atoms with E-state index in [1.165, 1.54) is 57.8 Å². The standard InChI is InChI=1S/C23H39NO/c1-15(25)19-8-9-20-18-7-6-16-14-17(24(4)5)10-12-22(16,2)21(18)11-13-23(19,20)3/h16-21H,6-14H2,1-5H3/t16-,17+,18-,19-,20+,21-,22-,23+/m0/s1. The SMILES string of the molecule is CC(=O)[C@@H]1CC[C@@H]2[C@@H]3CC[C@H]4C[C@H](N(C)C)CC[C@]4(C)[C@H]3CC[C@@]21C. The minimum atomic E-state index is 0.317. The number of carbonyl (C=O) groups is 1. The Morgan fingerprint density at radius 2 is 1.56 bits per heavy atom. The van der Waals surface area contributed by atoms with Crippen LogP contribution < -0.4 is 0 Å². The molecule has 0 heterocycles.